The van der Waals surface area contributed by atoms with Crippen molar-refractivity contribution in [3.05, 3.63) is 65.1 Å². The first-order chi connectivity index (χ1) is 24.7. The predicted octanol–water partition coefficient (Wildman–Crippen LogP) is 5.72. The molecule has 4 aromatic rings. The van der Waals surface area contributed by atoms with Crippen LogP contribution in [0.4, 0.5) is 19.0 Å². The summed E-state index contributed by atoms with van der Waals surface area (Å²) in [7, 11) is -3.24. The summed E-state index contributed by atoms with van der Waals surface area (Å²) < 4.78 is 68.1. The van der Waals surface area contributed by atoms with E-state index in [4.69, 9.17) is 0 Å². The molecule has 0 aliphatic carbocycles. The highest BCUT2D eigenvalue weighted by Gasteiger charge is 2.46. The van der Waals surface area contributed by atoms with Gasteiger partial charge in [-0.3, -0.25) is 9.80 Å². The van der Waals surface area contributed by atoms with Gasteiger partial charge in [-0.1, -0.05) is 12.1 Å². The number of fused-ring (bicyclic) bond motifs is 2. The third-order valence-corrected chi connectivity index (χ3v) is 13.7. The summed E-state index contributed by atoms with van der Waals surface area (Å²) in [6.45, 7) is 14.8. The Morgan fingerprint density at radius 2 is 1.79 bits per heavy atom. The van der Waals surface area contributed by atoms with Crippen LogP contribution in [0.5, 0.6) is 0 Å². The number of likely N-dealkylation sites (tertiary alicyclic amines) is 1. The molecule has 2 aromatic carbocycles. The third kappa shape index (κ3) is 7.12. The molecule has 0 bridgehead atoms. The number of rotatable bonds is 9. The quantitative estimate of drug-likeness (QED) is 0.215. The van der Waals surface area contributed by atoms with Crippen molar-refractivity contribution >= 4 is 37.6 Å². The molecule has 0 radical (unpaired) electrons. The minimum atomic E-state index is -4.27. The average Bonchev–Trinajstić information content (AvgIpc) is 3.45. The van der Waals surface area contributed by atoms with Crippen LogP contribution < -0.4 is 4.90 Å². The van der Waals surface area contributed by atoms with Crippen molar-refractivity contribution in [1.29, 1.82) is 5.26 Å². The molecule has 3 aliphatic rings. The fourth-order valence-corrected chi connectivity index (χ4v) is 9.96. The average molecular weight is 737 g/mol. The highest BCUT2D eigenvalue weighted by molar-refractivity contribution is 7.89. The lowest BCUT2D eigenvalue weighted by molar-refractivity contribution is -0.127. The largest absolute Gasteiger partial charge is 0.393 e. The number of nitriles is 1. The van der Waals surface area contributed by atoms with E-state index < -0.39 is 22.6 Å². The van der Waals surface area contributed by atoms with Crippen LogP contribution in [0.1, 0.15) is 56.0 Å². The summed E-state index contributed by atoms with van der Waals surface area (Å²) in [5.41, 5.74) is 5.14. The molecule has 3 saturated heterocycles. The molecule has 1 spiro atoms. The summed E-state index contributed by atoms with van der Waals surface area (Å²) in [6.07, 6.45) is -1.67. The van der Waals surface area contributed by atoms with Crippen LogP contribution in [0.3, 0.4) is 0 Å². The number of piperidine rings is 1. The molecule has 5 heterocycles. The molecule has 2 aromatic heterocycles. The Kier molecular flexibility index (Phi) is 9.78. The SMILES string of the molecule is CCS(=O)(=O)N1CCN([C@H](C)Cn2c(C#N)cc3c(C)c(CN4CCC5(CC4)CN(c4ncnc6ccc(CC(F)(F)F)cc46)C5)ccc32)C[C@@H]1C. The van der Waals surface area contributed by atoms with E-state index in [1.165, 1.54) is 23.5 Å². The van der Waals surface area contributed by atoms with E-state index in [9.17, 15) is 26.9 Å². The fourth-order valence-electron chi connectivity index (χ4n) is 8.65. The molecular weight excluding hydrogens is 690 g/mol. The number of halogens is 3. The van der Waals surface area contributed by atoms with E-state index in [-0.39, 0.29) is 28.8 Å². The standard InChI is InChI=1S/C38H47F3N8O2S/c1-5-52(50,51)49-15-14-46(20-27(49)3)26(2)21-48-31(19-42)17-32-28(4)30(7-9-35(32)48)22-45-12-10-37(11-13-45)23-47(24-37)36-33-16-29(18-38(39,40)41)6-8-34(33)43-25-44-36/h6-9,16-17,25-27H,5,10-15,18,20-24H2,1-4H3/t26-,27+/m1/s1. The summed E-state index contributed by atoms with van der Waals surface area (Å²) in [4.78, 5) is 15.8. The number of piperazine rings is 1. The van der Waals surface area contributed by atoms with Gasteiger partial charge < -0.3 is 9.47 Å². The Labute approximate surface area is 303 Å². The van der Waals surface area contributed by atoms with Crippen molar-refractivity contribution in [1.82, 2.24) is 28.6 Å². The molecule has 52 heavy (non-hydrogen) atoms. The third-order valence-electron chi connectivity index (χ3n) is 11.7. The van der Waals surface area contributed by atoms with E-state index in [1.54, 1.807) is 23.4 Å². The van der Waals surface area contributed by atoms with Gasteiger partial charge in [0.15, 0.2) is 0 Å². The molecule has 2 atom stereocenters. The molecule has 0 amide bonds. The molecule has 10 nitrogen and oxygen atoms in total. The number of benzene rings is 2. The summed E-state index contributed by atoms with van der Waals surface area (Å²) in [5, 5.41) is 11.9. The van der Waals surface area contributed by atoms with Gasteiger partial charge in [-0.2, -0.15) is 22.7 Å². The first-order valence-corrected chi connectivity index (χ1v) is 19.8. The van der Waals surface area contributed by atoms with Crippen LogP contribution in [0.25, 0.3) is 21.8 Å². The summed E-state index contributed by atoms with van der Waals surface area (Å²) in [6, 6.07) is 13.5. The van der Waals surface area contributed by atoms with Crippen LogP contribution >= 0.6 is 0 Å². The van der Waals surface area contributed by atoms with Gasteiger partial charge in [-0.25, -0.2) is 18.4 Å². The molecule has 0 N–H and O–H groups in total. The van der Waals surface area contributed by atoms with E-state index >= 15 is 0 Å². The molecule has 14 heteroatoms. The number of nitrogens with zero attached hydrogens (tertiary/aromatic N) is 8. The van der Waals surface area contributed by atoms with Crippen LogP contribution in [-0.2, 0) is 29.5 Å². The highest BCUT2D eigenvalue weighted by atomic mass is 32.2. The second-order valence-corrected chi connectivity index (χ2v) is 17.4. The van der Waals surface area contributed by atoms with Crippen LogP contribution in [0.15, 0.2) is 42.7 Å². The van der Waals surface area contributed by atoms with E-state index in [1.807, 2.05) is 13.0 Å². The van der Waals surface area contributed by atoms with Gasteiger partial charge in [0.25, 0.3) is 0 Å². The second kappa shape index (κ2) is 13.9. The van der Waals surface area contributed by atoms with Crippen molar-refractivity contribution < 1.29 is 21.6 Å². The Balaban J connectivity index is 0.982. The number of aromatic nitrogens is 3. The summed E-state index contributed by atoms with van der Waals surface area (Å²) >= 11 is 0. The topological polar surface area (TPSA) is 102 Å². The Morgan fingerprint density at radius 1 is 1.04 bits per heavy atom. The first kappa shape index (κ1) is 36.6. The smallest absolute Gasteiger partial charge is 0.355 e. The number of hydrogen-bond donors (Lipinski definition) is 0. The molecule has 3 aliphatic heterocycles. The van der Waals surface area contributed by atoms with E-state index in [2.05, 4.69) is 61.3 Å². The molecular formula is C38H47F3N8O2S. The van der Waals surface area contributed by atoms with Crippen molar-refractivity contribution in [2.45, 2.75) is 78.3 Å². The van der Waals surface area contributed by atoms with Gasteiger partial charge in [-0.05, 0) is 94.6 Å². The van der Waals surface area contributed by atoms with Crippen LogP contribution in [0.2, 0.25) is 0 Å². The zero-order valence-electron chi connectivity index (χ0n) is 30.3. The Morgan fingerprint density at radius 3 is 2.46 bits per heavy atom. The number of alkyl halides is 3. The number of sulfonamides is 1. The maximum atomic E-state index is 13.1. The number of aryl methyl sites for hydroxylation is 1. The Hall–Kier alpha value is -3.77. The monoisotopic (exact) mass is 736 g/mol. The number of anilines is 1. The van der Waals surface area contributed by atoms with Gasteiger partial charge in [0.05, 0.1) is 17.7 Å². The molecule has 0 saturated carbocycles. The minimum Gasteiger partial charge on any atom is -0.355 e. The highest BCUT2D eigenvalue weighted by Crippen LogP contribution is 2.44. The molecule has 7 rings (SSSR count). The molecule has 3 fully saturated rings. The maximum absolute atomic E-state index is 13.1. The first-order valence-electron chi connectivity index (χ1n) is 18.2. The van der Waals surface area contributed by atoms with E-state index in [0.717, 1.165) is 56.5 Å². The van der Waals surface area contributed by atoms with Crippen molar-refractivity contribution in [3.8, 4) is 6.07 Å². The molecule has 0 unspecified atom stereocenters. The predicted molar refractivity (Wildman–Crippen MR) is 197 cm³/mol. The zero-order chi connectivity index (χ0) is 37.0. The lowest BCUT2D eigenvalue weighted by atomic mass is 9.72. The fraction of sp³-hybridized carbons (Fsp3) is 0.553. The van der Waals surface area contributed by atoms with Gasteiger partial charge in [0.2, 0.25) is 10.0 Å². The van der Waals surface area contributed by atoms with Crippen molar-refractivity contribution in [3.63, 3.8) is 0 Å². The normalized spacial score (nSPS) is 21.1. The van der Waals surface area contributed by atoms with E-state index in [0.29, 0.717) is 48.6 Å². The zero-order valence-corrected chi connectivity index (χ0v) is 31.1. The van der Waals surface area contributed by atoms with Gasteiger partial charge in [-0.15, -0.1) is 0 Å². The van der Waals surface area contributed by atoms with Crippen molar-refractivity contribution in [2.75, 3.05) is 56.5 Å². The summed E-state index contributed by atoms with van der Waals surface area (Å²) in [5.74, 6) is 0.820. The minimum absolute atomic E-state index is 0.0995. The van der Waals surface area contributed by atoms with Crippen LogP contribution in [0, 0.1) is 23.7 Å². The lowest BCUT2D eigenvalue weighted by Crippen LogP contribution is -2.60. The maximum Gasteiger partial charge on any atom is 0.393 e. The van der Waals surface area contributed by atoms with Gasteiger partial charge in [0.1, 0.15) is 23.9 Å². The van der Waals surface area contributed by atoms with Gasteiger partial charge >= 0.3 is 6.18 Å². The lowest BCUT2D eigenvalue weighted by Gasteiger charge is -2.54. The second-order valence-electron chi connectivity index (χ2n) is 15.2. The Bertz CT molecular complexity index is 2110. The van der Waals surface area contributed by atoms with Crippen LogP contribution in [-0.4, -0.2) is 107 Å². The molecule has 278 valence electrons. The van der Waals surface area contributed by atoms with Gasteiger partial charge in [0, 0.05) is 79.6 Å². The van der Waals surface area contributed by atoms with Crippen molar-refractivity contribution in [2.24, 2.45) is 5.41 Å². The number of hydrogen-bond acceptors (Lipinski definition) is 8.